The highest BCUT2D eigenvalue weighted by atomic mass is 16.3. The minimum absolute atomic E-state index is 0.106. The normalized spacial score (nSPS) is 17.4. The number of aromatic nitrogens is 6. The predicted molar refractivity (Wildman–Crippen MR) is 84.9 cm³/mol. The predicted octanol–water partition coefficient (Wildman–Crippen LogP) is 1.04. The van der Waals surface area contributed by atoms with E-state index in [9.17, 15) is 0 Å². The number of rotatable bonds is 4. The van der Waals surface area contributed by atoms with Crippen LogP contribution >= 0.6 is 0 Å². The van der Waals surface area contributed by atoms with Crippen LogP contribution in [0.2, 0.25) is 0 Å². The molecule has 23 heavy (non-hydrogen) atoms. The van der Waals surface area contributed by atoms with E-state index in [1.54, 1.807) is 17.2 Å². The average Bonchev–Trinajstić information content (AvgIpc) is 3.14. The molecule has 8 heteroatoms. The highest BCUT2D eigenvalue weighted by Gasteiger charge is 2.25. The lowest BCUT2D eigenvalue weighted by molar-refractivity contribution is 0.266. The lowest BCUT2D eigenvalue weighted by Crippen LogP contribution is -2.19. The van der Waals surface area contributed by atoms with E-state index in [1.165, 1.54) is 11.3 Å². The molecule has 0 fully saturated rings. The second kappa shape index (κ2) is 5.62. The molecule has 120 valence electrons. The van der Waals surface area contributed by atoms with Gasteiger partial charge in [0.1, 0.15) is 12.1 Å². The van der Waals surface area contributed by atoms with E-state index in [-0.39, 0.29) is 12.6 Å². The molecule has 1 aliphatic carbocycles. The zero-order valence-corrected chi connectivity index (χ0v) is 13.0. The topological polar surface area (TPSA) is 93.7 Å². The summed E-state index contributed by atoms with van der Waals surface area (Å²) in [6, 6.07) is 0.171. The van der Waals surface area contributed by atoms with Crippen molar-refractivity contribution in [3.8, 4) is 0 Å². The number of aliphatic hydroxyl groups excluding tert-OH is 1. The Kier molecular flexibility index (Phi) is 3.45. The molecule has 0 saturated carbocycles. The third-order valence-electron chi connectivity index (χ3n) is 4.41. The molecule has 0 saturated heterocycles. The van der Waals surface area contributed by atoms with Crippen LogP contribution < -0.4 is 5.32 Å². The van der Waals surface area contributed by atoms with Gasteiger partial charge in [0.25, 0.3) is 0 Å². The maximum Gasteiger partial charge on any atom is 0.163 e. The van der Waals surface area contributed by atoms with Gasteiger partial charge in [0.05, 0.1) is 37.0 Å². The van der Waals surface area contributed by atoms with Crippen molar-refractivity contribution in [3.05, 3.63) is 30.0 Å². The molecule has 0 radical (unpaired) electrons. The fraction of sp³-hybridized carbons (Fsp3) is 0.467. The SMILES string of the molecule is Cn1ncc2c(N[C@@H]3CCCc4c3cnn4CCO)ncnc21. The molecule has 0 aromatic carbocycles. The van der Waals surface area contributed by atoms with Gasteiger partial charge < -0.3 is 10.4 Å². The van der Waals surface area contributed by atoms with E-state index in [0.717, 1.165) is 36.1 Å². The Labute approximate surface area is 133 Å². The van der Waals surface area contributed by atoms with Crippen LogP contribution in [0.25, 0.3) is 11.0 Å². The van der Waals surface area contributed by atoms with Gasteiger partial charge in [-0.2, -0.15) is 10.2 Å². The van der Waals surface area contributed by atoms with Crippen LogP contribution in [0, 0.1) is 0 Å². The monoisotopic (exact) mass is 313 g/mol. The summed E-state index contributed by atoms with van der Waals surface area (Å²) in [6.07, 6.45) is 8.37. The third-order valence-corrected chi connectivity index (χ3v) is 4.41. The highest BCUT2D eigenvalue weighted by molar-refractivity contribution is 5.86. The molecule has 0 aliphatic heterocycles. The Morgan fingerprint density at radius 2 is 2.22 bits per heavy atom. The third kappa shape index (κ3) is 2.35. The molecule has 2 N–H and O–H groups in total. The van der Waals surface area contributed by atoms with Gasteiger partial charge >= 0.3 is 0 Å². The molecule has 0 unspecified atom stereocenters. The quantitative estimate of drug-likeness (QED) is 0.747. The smallest absolute Gasteiger partial charge is 0.163 e. The number of aryl methyl sites for hydroxylation is 1. The van der Waals surface area contributed by atoms with E-state index < -0.39 is 0 Å². The number of nitrogens with one attached hydrogen (secondary N) is 1. The average molecular weight is 313 g/mol. The molecular weight excluding hydrogens is 294 g/mol. The molecule has 1 aliphatic rings. The standard InChI is InChI=1S/C15H19N7O/c1-21-15-11(8-18-21)14(16-9-17-15)20-12-3-2-4-13-10(12)7-19-22(13)5-6-23/h7-9,12,23H,2-6H2,1H3,(H,16,17,20)/t12-/m1/s1. The van der Waals surface area contributed by atoms with E-state index in [1.807, 2.05) is 17.9 Å². The van der Waals surface area contributed by atoms with Crippen molar-refractivity contribution in [2.75, 3.05) is 11.9 Å². The number of anilines is 1. The van der Waals surface area contributed by atoms with E-state index >= 15 is 0 Å². The lowest BCUT2D eigenvalue weighted by atomic mass is 9.93. The van der Waals surface area contributed by atoms with Gasteiger partial charge in [0.2, 0.25) is 0 Å². The van der Waals surface area contributed by atoms with Gasteiger partial charge in [-0.05, 0) is 19.3 Å². The van der Waals surface area contributed by atoms with E-state index in [2.05, 4.69) is 25.5 Å². The van der Waals surface area contributed by atoms with Crippen LogP contribution in [0.1, 0.15) is 30.1 Å². The summed E-state index contributed by atoms with van der Waals surface area (Å²) in [5, 5.41) is 22.3. The maximum atomic E-state index is 9.16. The van der Waals surface area contributed by atoms with Crippen molar-refractivity contribution < 1.29 is 5.11 Å². The van der Waals surface area contributed by atoms with Gasteiger partial charge in [-0.25, -0.2) is 9.97 Å². The summed E-state index contributed by atoms with van der Waals surface area (Å²) >= 11 is 0. The van der Waals surface area contributed by atoms with Crippen LogP contribution in [0.5, 0.6) is 0 Å². The molecule has 0 bridgehead atoms. The highest BCUT2D eigenvalue weighted by Crippen LogP contribution is 2.33. The van der Waals surface area contributed by atoms with Gasteiger partial charge in [-0.1, -0.05) is 0 Å². The summed E-state index contributed by atoms with van der Waals surface area (Å²) < 4.78 is 3.65. The number of aliphatic hydroxyl groups is 1. The molecule has 8 nitrogen and oxygen atoms in total. The first-order chi connectivity index (χ1) is 11.3. The van der Waals surface area contributed by atoms with Crippen molar-refractivity contribution in [2.45, 2.75) is 31.8 Å². The van der Waals surface area contributed by atoms with Gasteiger partial charge in [-0.3, -0.25) is 9.36 Å². The second-order valence-electron chi connectivity index (χ2n) is 5.81. The number of fused-ring (bicyclic) bond motifs is 2. The Morgan fingerprint density at radius 1 is 1.30 bits per heavy atom. The Balaban J connectivity index is 1.67. The minimum atomic E-state index is 0.106. The Bertz CT molecular complexity index is 838. The molecule has 0 spiro atoms. The molecule has 1 atom stereocenters. The van der Waals surface area contributed by atoms with Crippen molar-refractivity contribution in [2.24, 2.45) is 7.05 Å². The van der Waals surface area contributed by atoms with E-state index in [0.29, 0.717) is 6.54 Å². The van der Waals surface area contributed by atoms with Gasteiger partial charge in [0, 0.05) is 18.3 Å². The summed E-state index contributed by atoms with van der Waals surface area (Å²) in [5.74, 6) is 0.802. The fourth-order valence-electron chi connectivity index (χ4n) is 3.30. The van der Waals surface area contributed by atoms with Gasteiger partial charge in [-0.15, -0.1) is 0 Å². The summed E-state index contributed by atoms with van der Waals surface area (Å²) in [6.45, 7) is 0.650. The zero-order chi connectivity index (χ0) is 15.8. The maximum absolute atomic E-state index is 9.16. The number of hydrogen-bond donors (Lipinski definition) is 2. The van der Waals surface area contributed by atoms with Crippen LogP contribution in [0.3, 0.4) is 0 Å². The Morgan fingerprint density at radius 3 is 3.09 bits per heavy atom. The van der Waals surface area contributed by atoms with Crippen LogP contribution in [0.15, 0.2) is 18.7 Å². The fourth-order valence-corrected chi connectivity index (χ4v) is 3.30. The second-order valence-corrected chi connectivity index (χ2v) is 5.81. The largest absolute Gasteiger partial charge is 0.394 e. The van der Waals surface area contributed by atoms with Crippen LogP contribution in [0.4, 0.5) is 5.82 Å². The van der Waals surface area contributed by atoms with Gasteiger partial charge in [0.15, 0.2) is 5.65 Å². The van der Waals surface area contributed by atoms with E-state index in [4.69, 9.17) is 5.11 Å². The van der Waals surface area contributed by atoms with Crippen molar-refractivity contribution >= 4 is 16.9 Å². The minimum Gasteiger partial charge on any atom is -0.394 e. The summed E-state index contributed by atoms with van der Waals surface area (Å²) in [7, 11) is 1.87. The Hall–Kier alpha value is -2.48. The molecule has 4 rings (SSSR count). The van der Waals surface area contributed by atoms with Crippen LogP contribution in [-0.2, 0) is 20.0 Å². The summed E-state index contributed by atoms with van der Waals surface area (Å²) in [5.41, 5.74) is 3.22. The van der Waals surface area contributed by atoms with Crippen molar-refractivity contribution in [1.29, 1.82) is 0 Å². The first-order valence-corrected chi connectivity index (χ1v) is 7.82. The van der Waals surface area contributed by atoms with Crippen LogP contribution in [-0.4, -0.2) is 41.2 Å². The molecular formula is C15H19N7O. The molecule has 3 aromatic rings. The number of nitrogens with zero attached hydrogens (tertiary/aromatic N) is 6. The first-order valence-electron chi connectivity index (χ1n) is 7.82. The number of hydrogen-bond acceptors (Lipinski definition) is 6. The summed E-state index contributed by atoms with van der Waals surface area (Å²) in [4.78, 5) is 8.66. The van der Waals surface area contributed by atoms with Crippen molar-refractivity contribution in [3.63, 3.8) is 0 Å². The lowest BCUT2D eigenvalue weighted by Gasteiger charge is -2.24. The first kappa shape index (κ1) is 14.1. The molecule has 3 heterocycles. The molecule has 0 amide bonds. The zero-order valence-electron chi connectivity index (χ0n) is 13.0. The van der Waals surface area contributed by atoms with Crippen molar-refractivity contribution in [1.82, 2.24) is 29.5 Å². The molecule has 3 aromatic heterocycles.